The zero-order valence-electron chi connectivity index (χ0n) is 14.7. The van der Waals surface area contributed by atoms with Crippen LogP contribution in [0.3, 0.4) is 0 Å². The van der Waals surface area contributed by atoms with Crippen LogP contribution in [0.2, 0.25) is 0 Å². The van der Waals surface area contributed by atoms with Crippen molar-refractivity contribution in [1.29, 1.82) is 0 Å². The van der Waals surface area contributed by atoms with E-state index in [1.807, 2.05) is 0 Å². The van der Waals surface area contributed by atoms with Gasteiger partial charge in [-0.05, 0) is 43.4 Å². The van der Waals surface area contributed by atoms with Crippen molar-refractivity contribution in [3.8, 4) is 0 Å². The number of aliphatic hydroxyl groups is 1. The van der Waals surface area contributed by atoms with Gasteiger partial charge in [0.2, 0.25) is 11.8 Å². The molecule has 0 aliphatic heterocycles. The van der Waals surface area contributed by atoms with Gasteiger partial charge in [0.05, 0.1) is 18.6 Å². The summed E-state index contributed by atoms with van der Waals surface area (Å²) in [6.45, 7) is 1.77. The first-order valence-corrected chi connectivity index (χ1v) is 8.87. The highest BCUT2D eigenvalue weighted by Gasteiger charge is 2.32. The molecule has 1 fully saturated rings. The lowest BCUT2D eigenvalue weighted by Gasteiger charge is -2.35. The maximum atomic E-state index is 13.1. The second kappa shape index (κ2) is 8.94. The van der Waals surface area contributed by atoms with Gasteiger partial charge in [-0.15, -0.1) is 0 Å². The van der Waals surface area contributed by atoms with Crippen LogP contribution in [0.25, 0.3) is 0 Å². The minimum atomic E-state index is -0.929. The van der Waals surface area contributed by atoms with Crippen LogP contribution >= 0.6 is 0 Å². The van der Waals surface area contributed by atoms with Crippen LogP contribution in [0.15, 0.2) is 24.3 Å². The zero-order chi connectivity index (χ0) is 18.3. The molecular formula is C19H27FN2O3. The Morgan fingerprint density at radius 2 is 1.92 bits per heavy atom. The van der Waals surface area contributed by atoms with E-state index >= 15 is 0 Å². The number of amides is 2. The minimum Gasteiger partial charge on any atom is -0.388 e. The second-order valence-corrected chi connectivity index (χ2v) is 7.05. The Hall–Kier alpha value is -1.95. The highest BCUT2D eigenvalue weighted by atomic mass is 19.1. The molecular weight excluding hydrogens is 323 g/mol. The maximum Gasteiger partial charge on any atom is 0.239 e. The Morgan fingerprint density at radius 1 is 1.20 bits per heavy atom. The number of benzene rings is 1. The van der Waals surface area contributed by atoms with Crippen LogP contribution < -0.4 is 10.6 Å². The summed E-state index contributed by atoms with van der Waals surface area (Å²) in [6.07, 6.45) is 5.41. The van der Waals surface area contributed by atoms with Crippen molar-refractivity contribution in [3.05, 3.63) is 35.6 Å². The largest absolute Gasteiger partial charge is 0.388 e. The molecule has 1 aromatic rings. The fourth-order valence-corrected chi connectivity index (χ4v) is 3.28. The molecule has 6 heteroatoms. The molecule has 1 aromatic carbocycles. The Balaban J connectivity index is 1.70. The lowest BCUT2D eigenvalue weighted by atomic mass is 9.78. The van der Waals surface area contributed by atoms with Gasteiger partial charge in [-0.2, -0.15) is 0 Å². The van der Waals surface area contributed by atoms with E-state index in [1.54, 1.807) is 13.0 Å². The molecule has 1 aliphatic carbocycles. The molecule has 0 spiro atoms. The molecule has 0 unspecified atom stereocenters. The molecule has 1 atom stereocenters. The minimum absolute atomic E-state index is 0.0187. The Labute approximate surface area is 148 Å². The summed E-state index contributed by atoms with van der Waals surface area (Å²) in [5.74, 6) is -0.888. The van der Waals surface area contributed by atoms with Crippen LogP contribution in [-0.4, -0.2) is 35.6 Å². The third-order valence-corrected chi connectivity index (χ3v) is 4.83. The second-order valence-electron chi connectivity index (χ2n) is 7.05. The van der Waals surface area contributed by atoms with Crippen LogP contribution in [-0.2, 0) is 16.0 Å². The van der Waals surface area contributed by atoms with Crippen LogP contribution in [0, 0.1) is 11.7 Å². The molecule has 2 rings (SSSR count). The molecule has 0 bridgehead atoms. The molecule has 0 aromatic heterocycles. The number of hydrogen-bond acceptors (Lipinski definition) is 3. The van der Waals surface area contributed by atoms with E-state index in [-0.39, 0.29) is 37.2 Å². The molecule has 5 nitrogen and oxygen atoms in total. The van der Waals surface area contributed by atoms with Gasteiger partial charge in [0, 0.05) is 6.54 Å². The Morgan fingerprint density at radius 3 is 2.60 bits per heavy atom. The average Bonchev–Trinajstić information content (AvgIpc) is 2.59. The van der Waals surface area contributed by atoms with Crippen LogP contribution in [0.4, 0.5) is 4.39 Å². The first kappa shape index (κ1) is 19.4. The fourth-order valence-electron chi connectivity index (χ4n) is 3.28. The average molecular weight is 350 g/mol. The normalized spacial score (nSPS) is 17.6. The number of halogens is 1. The van der Waals surface area contributed by atoms with Gasteiger partial charge in [-0.1, -0.05) is 31.4 Å². The summed E-state index contributed by atoms with van der Waals surface area (Å²) in [5, 5.41) is 15.7. The molecule has 25 heavy (non-hydrogen) atoms. The van der Waals surface area contributed by atoms with Crippen molar-refractivity contribution >= 4 is 11.8 Å². The van der Waals surface area contributed by atoms with Crippen molar-refractivity contribution in [2.45, 2.75) is 51.0 Å². The van der Waals surface area contributed by atoms with Gasteiger partial charge in [-0.3, -0.25) is 9.59 Å². The molecule has 0 saturated heterocycles. The quantitative estimate of drug-likeness (QED) is 0.703. The van der Waals surface area contributed by atoms with Gasteiger partial charge in [0.1, 0.15) is 5.82 Å². The lowest BCUT2D eigenvalue weighted by molar-refractivity contribution is -0.126. The molecule has 2 amide bonds. The summed E-state index contributed by atoms with van der Waals surface area (Å²) in [4.78, 5) is 23.7. The lowest BCUT2D eigenvalue weighted by Crippen LogP contribution is -2.48. The smallest absolute Gasteiger partial charge is 0.239 e. The van der Waals surface area contributed by atoms with Crippen molar-refractivity contribution < 1.29 is 19.1 Å². The zero-order valence-corrected chi connectivity index (χ0v) is 14.7. The van der Waals surface area contributed by atoms with Crippen molar-refractivity contribution in [3.63, 3.8) is 0 Å². The Bertz CT molecular complexity index is 598. The highest BCUT2D eigenvalue weighted by Crippen LogP contribution is 2.32. The fraction of sp³-hybridized carbons (Fsp3) is 0.579. The predicted octanol–water partition coefficient (Wildman–Crippen LogP) is 1.93. The van der Waals surface area contributed by atoms with Crippen LogP contribution in [0.1, 0.15) is 44.6 Å². The molecule has 1 saturated carbocycles. The van der Waals surface area contributed by atoms with E-state index in [2.05, 4.69) is 10.6 Å². The van der Waals surface area contributed by atoms with E-state index in [0.717, 1.165) is 25.7 Å². The van der Waals surface area contributed by atoms with Crippen LogP contribution in [0.5, 0.6) is 0 Å². The third-order valence-electron chi connectivity index (χ3n) is 4.83. The van der Waals surface area contributed by atoms with Crippen molar-refractivity contribution in [2.24, 2.45) is 5.92 Å². The number of hydrogen-bond donors (Lipinski definition) is 3. The molecule has 0 heterocycles. The van der Waals surface area contributed by atoms with E-state index in [1.165, 1.54) is 24.6 Å². The molecule has 0 radical (unpaired) electrons. The molecule has 138 valence electrons. The highest BCUT2D eigenvalue weighted by molar-refractivity contribution is 5.85. The number of rotatable bonds is 7. The topological polar surface area (TPSA) is 78.4 Å². The third kappa shape index (κ3) is 6.46. The maximum absolute atomic E-state index is 13.1. The first-order chi connectivity index (χ1) is 11.9. The number of nitrogens with one attached hydrogen (secondary N) is 2. The van der Waals surface area contributed by atoms with Gasteiger partial charge in [0.15, 0.2) is 0 Å². The number of carbonyl (C=O) groups is 2. The summed E-state index contributed by atoms with van der Waals surface area (Å²) in [5.41, 5.74) is -0.375. The molecule has 3 N–H and O–H groups in total. The number of carbonyl (C=O) groups excluding carboxylic acids is 2. The Kier molecular flexibility index (Phi) is 6.93. The molecule has 1 aliphatic rings. The summed E-state index contributed by atoms with van der Waals surface area (Å²) in [7, 11) is 0. The van der Waals surface area contributed by atoms with Gasteiger partial charge in [-0.25, -0.2) is 4.39 Å². The van der Waals surface area contributed by atoms with E-state index in [0.29, 0.717) is 5.56 Å². The SMILES string of the molecule is C[C@](O)(CNC(=O)CNC(=O)Cc1cccc(F)c1)C1CCCCC1. The summed E-state index contributed by atoms with van der Waals surface area (Å²) in [6, 6.07) is 5.80. The first-order valence-electron chi connectivity index (χ1n) is 8.87. The summed E-state index contributed by atoms with van der Waals surface area (Å²) >= 11 is 0. The monoisotopic (exact) mass is 350 g/mol. The van der Waals surface area contributed by atoms with Crippen molar-refractivity contribution in [2.75, 3.05) is 13.1 Å². The van der Waals surface area contributed by atoms with E-state index < -0.39 is 11.4 Å². The summed E-state index contributed by atoms with van der Waals surface area (Å²) < 4.78 is 13.1. The standard InChI is InChI=1S/C19H27FN2O3/c1-19(25,15-7-3-2-4-8-15)13-22-18(24)12-21-17(23)11-14-6-5-9-16(20)10-14/h5-6,9-10,15,25H,2-4,7-8,11-13H2,1H3,(H,21,23)(H,22,24)/t19-/m0/s1. The van der Waals surface area contributed by atoms with E-state index in [4.69, 9.17) is 0 Å². The van der Waals surface area contributed by atoms with E-state index in [9.17, 15) is 19.1 Å². The van der Waals surface area contributed by atoms with Gasteiger partial charge >= 0.3 is 0 Å². The van der Waals surface area contributed by atoms with Gasteiger partial charge < -0.3 is 15.7 Å². The van der Waals surface area contributed by atoms with Gasteiger partial charge in [0.25, 0.3) is 0 Å². The predicted molar refractivity (Wildman–Crippen MR) is 93.3 cm³/mol. The van der Waals surface area contributed by atoms with Crippen molar-refractivity contribution in [1.82, 2.24) is 10.6 Å².